The minimum atomic E-state index is -0.0985. The van der Waals surface area contributed by atoms with Crippen molar-refractivity contribution in [1.82, 2.24) is 10.3 Å². The number of fused-ring (bicyclic) bond motifs is 1. The van der Waals surface area contributed by atoms with Gasteiger partial charge >= 0.3 is 0 Å². The number of rotatable bonds is 4. The summed E-state index contributed by atoms with van der Waals surface area (Å²) in [5, 5.41) is 4.13. The molecular formula is C19H19N3O2S2. The van der Waals surface area contributed by atoms with E-state index in [2.05, 4.69) is 16.3 Å². The first-order chi connectivity index (χ1) is 12.6. The van der Waals surface area contributed by atoms with Crippen molar-refractivity contribution >= 4 is 49.7 Å². The number of aromatic nitrogens is 1. The van der Waals surface area contributed by atoms with Crippen LogP contribution in [0.3, 0.4) is 0 Å². The second kappa shape index (κ2) is 7.17. The molecule has 3 heterocycles. The Hall–Kier alpha value is -2.25. The number of amides is 1. The van der Waals surface area contributed by atoms with Crippen LogP contribution in [0.4, 0.5) is 5.13 Å². The van der Waals surface area contributed by atoms with Crippen LogP contribution in [-0.2, 0) is 0 Å². The Labute approximate surface area is 159 Å². The molecule has 0 bridgehead atoms. The Balaban J connectivity index is 1.44. The third kappa shape index (κ3) is 3.50. The minimum Gasteiger partial charge on any atom is -0.347 e. The van der Waals surface area contributed by atoms with E-state index in [0.717, 1.165) is 36.6 Å². The van der Waals surface area contributed by atoms with Gasteiger partial charge in [-0.25, -0.2) is 4.98 Å². The van der Waals surface area contributed by atoms with E-state index in [1.54, 1.807) is 23.5 Å². The van der Waals surface area contributed by atoms with Crippen LogP contribution in [0.2, 0.25) is 0 Å². The van der Waals surface area contributed by atoms with Gasteiger partial charge in [0.15, 0.2) is 10.9 Å². The van der Waals surface area contributed by atoms with Crippen molar-refractivity contribution in [3.05, 3.63) is 46.2 Å². The average Bonchev–Trinajstić information content (AvgIpc) is 3.29. The van der Waals surface area contributed by atoms with Gasteiger partial charge in [0.25, 0.3) is 5.91 Å². The van der Waals surface area contributed by atoms with E-state index in [1.807, 2.05) is 18.2 Å². The van der Waals surface area contributed by atoms with E-state index in [1.165, 1.54) is 23.0 Å². The van der Waals surface area contributed by atoms with E-state index in [-0.39, 0.29) is 17.7 Å². The highest BCUT2D eigenvalue weighted by atomic mass is 32.1. The van der Waals surface area contributed by atoms with E-state index in [9.17, 15) is 9.59 Å². The molecule has 1 amide bonds. The van der Waals surface area contributed by atoms with Crippen molar-refractivity contribution in [3.8, 4) is 0 Å². The second-order valence-electron chi connectivity index (χ2n) is 6.44. The van der Waals surface area contributed by atoms with Crippen LogP contribution in [-0.4, -0.2) is 35.8 Å². The lowest BCUT2D eigenvalue weighted by atomic mass is 10.1. The third-order valence-electron chi connectivity index (χ3n) is 4.49. The molecule has 134 valence electrons. The summed E-state index contributed by atoms with van der Waals surface area (Å²) in [5.74, 6) is -0.104. The molecule has 1 aromatic carbocycles. The fourth-order valence-corrected chi connectivity index (χ4v) is 4.97. The Morgan fingerprint density at radius 1 is 1.15 bits per heavy atom. The van der Waals surface area contributed by atoms with Gasteiger partial charge in [0.05, 0.1) is 20.0 Å². The standard InChI is InChI=1S/C19H19N3O2S2/c1-12(23)15-8-9-17(25-15)18(24)20-13-5-4-10-22(11-13)19-21-14-6-2-3-7-16(14)26-19/h2-3,6-9,13H,4-5,10-11H2,1H3,(H,20,24)/t13-/m0/s1. The van der Waals surface area contributed by atoms with Crippen molar-refractivity contribution in [3.63, 3.8) is 0 Å². The smallest absolute Gasteiger partial charge is 0.261 e. The van der Waals surface area contributed by atoms with Crippen LogP contribution in [0.15, 0.2) is 36.4 Å². The highest BCUT2D eigenvalue weighted by Crippen LogP contribution is 2.30. The summed E-state index contributed by atoms with van der Waals surface area (Å²) in [7, 11) is 0. The number of hydrogen-bond donors (Lipinski definition) is 1. The van der Waals surface area contributed by atoms with E-state index < -0.39 is 0 Å². The first kappa shape index (κ1) is 17.2. The van der Waals surface area contributed by atoms with E-state index in [0.29, 0.717) is 9.75 Å². The van der Waals surface area contributed by atoms with Gasteiger partial charge < -0.3 is 10.2 Å². The monoisotopic (exact) mass is 385 g/mol. The quantitative estimate of drug-likeness (QED) is 0.691. The summed E-state index contributed by atoms with van der Waals surface area (Å²) in [6.45, 7) is 3.24. The van der Waals surface area contributed by atoms with Crippen LogP contribution in [0.5, 0.6) is 0 Å². The van der Waals surface area contributed by atoms with Gasteiger partial charge in [-0.3, -0.25) is 9.59 Å². The number of Topliss-reactive ketones (excluding diaryl/α,β-unsaturated/α-hetero) is 1. The van der Waals surface area contributed by atoms with Gasteiger partial charge in [-0.05, 0) is 44.0 Å². The molecule has 0 spiro atoms. The number of nitrogens with one attached hydrogen (secondary N) is 1. The van der Waals surface area contributed by atoms with Crippen molar-refractivity contribution in [2.24, 2.45) is 0 Å². The molecule has 0 aliphatic carbocycles. The molecule has 5 nitrogen and oxygen atoms in total. The number of piperidine rings is 1. The fraction of sp³-hybridized carbons (Fsp3) is 0.316. The third-order valence-corrected chi connectivity index (χ3v) is 6.77. The Kier molecular flexibility index (Phi) is 4.74. The SMILES string of the molecule is CC(=O)c1ccc(C(=O)N[C@H]2CCCN(c3nc4ccccc4s3)C2)s1. The predicted octanol–water partition coefficient (Wildman–Crippen LogP) is 3.96. The summed E-state index contributed by atoms with van der Waals surface area (Å²) >= 11 is 2.95. The van der Waals surface area contributed by atoms with Crippen LogP contribution in [0, 0.1) is 0 Å². The Morgan fingerprint density at radius 2 is 1.96 bits per heavy atom. The van der Waals surface area contributed by atoms with Crippen LogP contribution in [0.25, 0.3) is 10.2 Å². The maximum atomic E-state index is 12.5. The molecule has 26 heavy (non-hydrogen) atoms. The summed E-state index contributed by atoms with van der Waals surface area (Å²) in [6.07, 6.45) is 1.97. The topological polar surface area (TPSA) is 62.3 Å². The zero-order chi connectivity index (χ0) is 18.1. The van der Waals surface area contributed by atoms with Crippen molar-refractivity contribution in [2.75, 3.05) is 18.0 Å². The molecular weight excluding hydrogens is 366 g/mol. The summed E-state index contributed by atoms with van der Waals surface area (Å²) in [6, 6.07) is 11.7. The number of hydrogen-bond acceptors (Lipinski definition) is 6. The van der Waals surface area contributed by atoms with Gasteiger partial charge in [-0.2, -0.15) is 0 Å². The molecule has 0 saturated carbocycles. The predicted molar refractivity (Wildman–Crippen MR) is 107 cm³/mol. The summed E-state index contributed by atoms with van der Waals surface area (Å²) in [5.41, 5.74) is 1.02. The lowest BCUT2D eigenvalue weighted by molar-refractivity contribution is 0.0936. The van der Waals surface area contributed by atoms with Gasteiger partial charge in [0.1, 0.15) is 0 Å². The van der Waals surface area contributed by atoms with Crippen molar-refractivity contribution in [1.29, 1.82) is 0 Å². The van der Waals surface area contributed by atoms with E-state index in [4.69, 9.17) is 4.98 Å². The molecule has 3 aromatic rings. The molecule has 1 fully saturated rings. The van der Waals surface area contributed by atoms with E-state index >= 15 is 0 Å². The summed E-state index contributed by atoms with van der Waals surface area (Å²) < 4.78 is 1.18. The average molecular weight is 386 g/mol. The van der Waals surface area contributed by atoms with Crippen molar-refractivity contribution < 1.29 is 9.59 Å². The zero-order valence-corrected chi connectivity index (χ0v) is 16.0. The Bertz CT molecular complexity index is 930. The number of carbonyl (C=O) groups excluding carboxylic acids is 2. The molecule has 4 rings (SSSR count). The molecule has 0 unspecified atom stereocenters. The molecule has 7 heteroatoms. The van der Waals surface area contributed by atoms with Crippen LogP contribution < -0.4 is 10.2 Å². The Morgan fingerprint density at radius 3 is 2.73 bits per heavy atom. The first-order valence-electron chi connectivity index (χ1n) is 8.62. The van der Waals surface area contributed by atoms with Crippen LogP contribution in [0.1, 0.15) is 39.1 Å². The fourth-order valence-electron chi connectivity index (χ4n) is 3.17. The second-order valence-corrected chi connectivity index (χ2v) is 8.54. The number of carbonyl (C=O) groups is 2. The summed E-state index contributed by atoms with van der Waals surface area (Å²) in [4.78, 5) is 32.1. The largest absolute Gasteiger partial charge is 0.347 e. The lowest BCUT2D eigenvalue weighted by Crippen LogP contribution is -2.47. The molecule has 1 aliphatic heterocycles. The maximum absolute atomic E-state index is 12.5. The first-order valence-corrected chi connectivity index (χ1v) is 10.3. The molecule has 2 aromatic heterocycles. The van der Waals surface area contributed by atoms with Crippen LogP contribution >= 0.6 is 22.7 Å². The van der Waals surface area contributed by atoms with Gasteiger partial charge in [0, 0.05) is 19.1 Å². The molecule has 1 N–H and O–H groups in total. The number of nitrogens with zero attached hydrogens (tertiary/aromatic N) is 2. The molecule has 1 saturated heterocycles. The van der Waals surface area contributed by atoms with Gasteiger partial charge in [-0.1, -0.05) is 23.5 Å². The molecule has 1 atom stereocenters. The minimum absolute atomic E-state index is 0.00581. The van der Waals surface area contributed by atoms with Gasteiger partial charge in [0.2, 0.25) is 0 Å². The normalized spacial score (nSPS) is 17.4. The molecule has 0 radical (unpaired) electrons. The zero-order valence-electron chi connectivity index (χ0n) is 14.4. The number of anilines is 1. The maximum Gasteiger partial charge on any atom is 0.261 e. The molecule has 1 aliphatic rings. The number of para-hydroxylation sites is 1. The number of benzene rings is 1. The number of thiazole rings is 1. The highest BCUT2D eigenvalue weighted by Gasteiger charge is 2.24. The lowest BCUT2D eigenvalue weighted by Gasteiger charge is -2.32. The highest BCUT2D eigenvalue weighted by molar-refractivity contribution is 7.22. The number of ketones is 1. The van der Waals surface area contributed by atoms with Gasteiger partial charge in [-0.15, -0.1) is 11.3 Å². The van der Waals surface area contributed by atoms with Crippen molar-refractivity contribution in [2.45, 2.75) is 25.8 Å². The number of thiophene rings is 1.